The van der Waals surface area contributed by atoms with Gasteiger partial charge in [0.05, 0.1) is 12.3 Å². The molecule has 0 unspecified atom stereocenters. The van der Waals surface area contributed by atoms with E-state index < -0.39 is 17.7 Å². The molecule has 0 saturated carbocycles. The molecule has 0 heterocycles. The molecule has 0 radical (unpaired) electrons. The van der Waals surface area contributed by atoms with E-state index >= 15 is 0 Å². The van der Waals surface area contributed by atoms with Crippen molar-refractivity contribution in [3.05, 3.63) is 28.5 Å². The van der Waals surface area contributed by atoms with Crippen LogP contribution in [0.5, 0.6) is 0 Å². The molecular formula is C10H9BrFNO3. The minimum Gasteiger partial charge on any atom is -0.459 e. The lowest BCUT2D eigenvalue weighted by atomic mass is 10.3. The summed E-state index contributed by atoms with van der Waals surface area (Å²) in [6.45, 7) is 1.72. The van der Waals surface area contributed by atoms with Gasteiger partial charge in [0.25, 0.3) is 0 Å². The summed E-state index contributed by atoms with van der Waals surface area (Å²) in [5, 5.41) is 2.29. The third-order valence-electron chi connectivity index (χ3n) is 1.64. The van der Waals surface area contributed by atoms with Crippen LogP contribution in [0, 0.1) is 5.82 Å². The molecule has 1 rings (SSSR count). The monoisotopic (exact) mass is 289 g/mol. The first-order valence-corrected chi connectivity index (χ1v) is 5.27. The Balaban J connectivity index is 2.73. The molecule has 1 aromatic carbocycles. The van der Waals surface area contributed by atoms with Crippen LogP contribution in [0.3, 0.4) is 0 Å². The standard InChI is InChI=1S/C10H9BrFNO3/c1-2-16-10(15)9(14)13-8-4-3-6(12)5-7(8)11/h3-5H,2H2,1H3,(H,13,14). The number of carbonyl (C=O) groups excluding carboxylic acids is 2. The van der Waals surface area contributed by atoms with Gasteiger partial charge in [0.2, 0.25) is 0 Å². The summed E-state index contributed by atoms with van der Waals surface area (Å²) in [4.78, 5) is 22.2. The van der Waals surface area contributed by atoms with E-state index in [0.717, 1.165) is 0 Å². The molecule has 16 heavy (non-hydrogen) atoms. The highest BCUT2D eigenvalue weighted by Crippen LogP contribution is 2.22. The number of halogens is 2. The van der Waals surface area contributed by atoms with Gasteiger partial charge in [0.15, 0.2) is 0 Å². The Morgan fingerprint density at radius 2 is 2.19 bits per heavy atom. The molecule has 0 aliphatic heterocycles. The Bertz CT molecular complexity index is 423. The van der Waals surface area contributed by atoms with Crippen LogP contribution in [-0.2, 0) is 14.3 Å². The van der Waals surface area contributed by atoms with Gasteiger partial charge in [-0.2, -0.15) is 0 Å². The zero-order valence-electron chi connectivity index (χ0n) is 8.42. The third kappa shape index (κ3) is 3.30. The minimum atomic E-state index is -0.973. The summed E-state index contributed by atoms with van der Waals surface area (Å²) >= 11 is 3.06. The number of anilines is 1. The van der Waals surface area contributed by atoms with Crippen molar-refractivity contribution in [3.63, 3.8) is 0 Å². The Morgan fingerprint density at radius 3 is 2.75 bits per heavy atom. The second-order valence-electron chi connectivity index (χ2n) is 2.80. The van der Waals surface area contributed by atoms with Gasteiger partial charge >= 0.3 is 11.9 Å². The van der Waals surface area contributed by atoms with Crippen LogP contribution in [0.4, 0.5) is 10.1 Å². The van der Waals surface area contributed by atoms with Crippen molar-refractivity contribution in [2.75, 3.05) is 11.9 Å². The highest BCUT2D eigenvalue weighted by atomic mass is 79.9. The number of nitrogens with one attached hydrogen (secondary N) is 1. The van der Waals surface area contributed by atoms with E-state index in [1.807, 2.05) is 0 Å². The lowest BCUT2D eigenvalue weighted by Gasteiger charge is -2.06. The predicted molar refractivity (Wildman–Crippen MR) is 59.4 cm³/mol. The summed E-state index contributed by atoms with van der Waals surface area (Å²) < 4.78 is 17.6. The summed E-state index contributed by atoms with van der Waals surface area (Å²) in [6, 6.07) is 3.70. The van der Waals surface area contributed by atoms with Crippen molar-refractivity contribution in [2.24, 2.45) is 0 Å². The molecule has 0 spiro atoms. The van der Waals surface area contributed by atoms with Gasteiger partial charge in [-0.3, -0.25) is 4.79 Å². The fourth-order valence-electron chi connectivity index (χ4n) is 0.961. The van der Waals surface area contributed by atoms with E-state index in [-0.39, 0.29) is 6.61 Å². The summed E-state index contributed by atoms with van der Waals surface area (Å²) in [5.41, 5.74) is 0.305. The number of hydrogen-bond acceptors (Lipinski definition) is 3. The Labute approximate surface area is 99.9 Å². The Morgan fingerprint density at radius 1 is 1.50 bits per heavy atom. The van der Waals surface area contributed by atoms with E-state index in [1.54, 1.807) is 6.92 Å². The van der Waals surface area contributed by atoms with Crippen molar-refractivity contribution >= 4 is 33.5 Å². The minimum absolute atomic E-state index is 0.122. The number of rotatable bonds is 2. The number of ether oxygens (including phenoxy) is 1. The maximum atomic E-state index is 12.7. The Kier molecular flexibility index (Phi) is 4.42. The molecule has 1 amide bonds. The normalized spacial score (nSPS) is 9.69. The molecule has 0 aromatic heterocycles. The lowest BCUT2D eigenvalue weighted by Crippen LogP contribution is -2.25. The van der Waals surface area contributed by atoms with Crippen LogP contribution in [0.1, 0.15) is 6.92 Å². The number of benzene rings is 1. The Hall–Kier alpha value is -1.43. The van der Waals surface area contributed by atoms with Crippen LogP contribution in [0.2, 0.25) is 0 Å². The van der Waals surface area contributed by atoms with E-state index in [4.69, 9.17) is 0 Å². The highest BCUT2D eigenvalue weighted by molar-refractivity contribution is 9.10. The fourth-order valence-corrected chi connectivity index (χ4v) is 1.41. The second kappa shape index (κ2) is 5.60. The molecule has 6 heteroatoms. The molecule has 0 bridgehead atoms. The molecule has 0 atom stereocenters. The van der Waals surface area contributed by atoms with Gasteiger partial charge < -0.3 is 10.1 Å². The van der Waals surface area contributed by atoms with E-state index in [1.165, 1.54) is 18.2 Å². The topological polar surface area (TPSA) is 55.4 Å². The maximum Gasteiger partial charge on any atom is 0.397 e. The largest absolute Gasteiger partial charge is 0.459 e. The quantitative estimate of drug-likeness (QED) is 0.670. The molecular weight excluding hydrogens is 281 g/mol. The summed E-state index contributed by atoms with van der Waals surface area (Å²) in [6.07, 6.45) is 0. The predicted octanol–water partition coefficient (Wildman–Crippen LogP) is 2.09. The van der Waals surface area contributed by atoms with Crippen LogP contribution < -0.4 is 5.32 Å². The van der Waals surface area contributed by atoms with Crippen LogP contribution in [0.25, 0.3) is 0 Å². The van der Waals surface area contributed by atoms with Crippen LogP contribution in [0.15, 0.2) is 22.7 Å². The van der Waals surface area contributed by atoms with E-state index in [0.29, 0.717) is 10.2 Å². The van der Waals surface area contributed by atoms with Crippen molar-refractivity contribution in [1.82, 2.24) is 0 Å². The molecule has 4 nitrogen and oxygen atoms in total. The van der Waals surface area contributed by atoms with Gasteiger partial charge in [0.1, 0.15) is 5.82 Å². The van der Waals surface area contributed by atoms with Gasteiger partial charge in [-0.05, 0) is 41.1 Å². The number of amides is 1. The molecule has 0 saturated heterocycles. The van der Waals surface area contributed by atoms with Crippen molar-refractivity contribution < 1.29 is 18.7 Å². The van der Waals surface area contributed by atoms with Gasteiger partial charge in [-0.25, -0.2) is 9.18 Å². The number of hydrogen-bond donors (Lipinski definition) is 1. The zero-order chi connectivity index (χ0) is 12.1. The lowest BCUT2D eigenvalue weighted by molar-refractivity contribution is -0.152. The molecule has 1 aromatic rings. The van der Waals surface area contributed by atoms with Crippen LogP contribution >= 0.6 is 15.9 Å². The first-order valence-electron chi connectivity index (χ1n) is 4.47. The smallest absolute Gasteiger partial charge is 0.397 e. The van der Waals surface area contributed by atoms with Crippen molar-refractivity contribution in [1.29, 1.82) is 0 Å². The maximum absolute atomic E-state index is 12.7. The summed E-state index contributed by atoms with van der Waals surface area (Å²) in [5.74, 6) is -2.31. The fraction of sp³-hybridized carbons (Fsp3) is 0.200. The van der Waals surface area contributed by atoms with Gasteiger partial charge in [-0.1, -0.05) is 0 Å². The SMILES string of the molecule is CCOC(=O)C(=O)Nc1ccc(F)cc1Br. The highest BCUT2D eigenvalue weighted by Gasteiger charge is 2.15. The van der Waals surface area contributed by atoms with E-state index in [2.05, 4.69) is 26.0 Å². The third-order valence-corrected chi connectivity index (χ3v) is 2.30. The first-order chi connectivity index (χ1) is 7.54. The van der Waals surface area contributed by atoms with Crippen molar-refractivity contribution in [3.8, 4) is 0 Å². The zero-order valence-corrected chi connectivity index (χ0v) is 10.0. The molecule has 0 aliphatic carbocycles. The summed E-state index contributed by atoms with van der Waals surface area (Å²) in [7, 11) is 0. The second-order valence-corrected chi connectivity index (χ2v) is 3.65. The van der Waals surface area contributed by atoms with Crippen molar-refractivity contribution in [2.45, 2.75) is 6.92 Å². The number of esters is 1. The number of carbonyl (C=O) groups is 2. The van der Waals surface area contributed by atoms with Gasteiger partial charge in [-0.15, -0.1) is 0 Å². The average molecular weight is 290 g/mol. The molecule has 0 aliphatic rings. The van der Waals surface area contributed by atoms with E-state index in [9.17, 15) is 14.0 Å². The molecule has 1 N–H and O–H groups in total. The molecule has 0 fully saturated rings. The first kappa shape index (κ1) is 12.6. The van der Waals surface area contributed by atoms with Gasteiger partial charge in [0, 0.05) is 4.47 Å². The molecule has 86 valence electrons. The van der Waals surface area contributed by atoms with Crippen LogP contribution in [-0.4, -0.2) is 18.5 Å². The average Bonchev–Trinajstić information content (AvgIpc) is 2.22.